The quantitative estimate of drug-likeness (QED) is 0.760. The number of aromatic nitrogens is 3. The van der Waals surface area contributed by atoms with Crippen molar-refractivity contribution in [3.8, 4) is 0 Å². The normalized spacial score (nSPS) is 11.2. The molecule has 108 valence electrons. The maximum absolute atomic E-state index is 6.00. The number of nitrogens with zero attached hydrogens (tertiary/aromatic N) is 3. The van der Waals surface area contributed by atoms with Gasteiger partial charge in [0.1, 0.15) is 11.5 Å². The first kappa shape index (κ1) is 13.8. The predicted molar refractivity (Wildman–Crippen MR) is 87.4 cm³/mol. The zero-order valence-electron chi connectivity index (χ0n) is 12.2. The first-order valence-electron chi connectivity index (χ1n) is 6.60. The number of fused-ring (bicyclic) bond motifs is 1. The predicted octanol–water partition coefficient (Wildman–Crippen LogP) is 2.90. The minimum absolute atomic E-state index is 0.202. The third-order valence-electron chi connectivity index (χ3n) is 3.46. The number of aryl methyl sites for hydroxylation is 3. The summed E-state index contributed by atoms with van der Waals surface area (Å²) in [5, 5.41) is 1.98. The molecule has 0 aliphatic carbocycles. The molecule has 0 saturated carbocycles. The molecule has 0 aliphatic rings. The van der Waals surface area contributed by atoms with E-state index >= 15 is 0 Å². The molecule has 2 heterocycles. The van der Waals surface area contributed by atoms with Crippen LogP contribution in [0.1, 0.15) is 11.1 Å². The van der Waals surface area contributed by atoms with Crippen LogP contribution in [-0.2, 0) is 7.05 Å². The molecule has 0 spiro atoms. The smallest absolute Gasteiger partial charge is 0.223 e. The monoisotopic (exact) mass is 299 g/mol. The van der Waals surface area contributed by atoms with Crippen molar-refractivity contribution in [2.24, 2.45) is 7.05 Å². The van der Waals surface area contributed by atoms with E-state index in [0.29, 0.717) is 5.82 Å². The Labute approximate surface area is 127 Å². The number of hydrogen-bond acceptors (Lipinski definition) is 5. The first-order chi connectivity index (χ1) is 9.97. The van der Waals surface area contributed by atoms with E-state index < -0.39 is 0 Å². The lowest BCUT2D eigenvalue weighted by Crippen LogP contribution is -2.01. The Hall–Kier alpha value is -2.21. The molecule has 0 aliphatic heterocycles. The number of nitrogen functional groups attached to an aromatic ring is 2. The number of anilines is 2. The second kappa shape index (κ2) is 4.96. The fourth-order valence-corrected chi connectivity index (χ4v) is 3.57. The molecular formula is C15H17N5S. The highest BCUT2D eigenvalue weighted by Crippen LogP contribution is 2.37. The first-order valence-corrected chi connectivity index (χ1v) is 7.41. The molecule has 21 heavy (non-hydrogen) atoms. The average molecular weight is 299 g/mol. The van der Waals surface area contributed by atoms with Crippen LogP contribution in [-0.4, -0.2) is 14.5 Å². The molecule has 0 saturated heterocycles. The Bertz CT molecular complexity index is 838. The molecule has 2 aromatic heterocycles. The van der Waals surface area contributed by atoms with E-state index in [4.69, 9.17) is 11.5 Å². The standard InChI is InChI=1S/C15H17N5S/c1-8-5-4-6-10(7-8)21-14-9(2)11-12(16)18-15(17)19-13(11)20(14)3/h4-7H,1-3H3,(H4,16,17,18,19). The highest BCUT2D eigenvalue weighted by atomic mass is 32.2. The third-order valence-corrected chi connectivity index (χ3v) is 4.72. The molecule has 0 unspecified atom stereocenters. The van der Waals surface area contributed by atoms with E-state index in [9.17, 15) is 0 Å². The van der Waals surface area contributed by atoms with E-state index in [0.717, 1.165) is 21.6 Å². The summed E-state index contributed by atoms with van der Waals surface area (Å²) in [4.78, 5) is 9.56. The van der Waals surface area contributed by atoms with Gasteiger partial charge in [-0.05, 0) is 31.5 Å². The van der Waals surface area contributed by atoms with Crippen LogP contribution in [0.3, 0.4) is 0 Å². The van der Waals surface area contributed by atoms with Crippen LogP contribution in [0.4, 0.5) is 11.8 Å². The van der Waals surface area contributed by atoms with Crippen LogP contribution >= 0.6 is 11.8 Å². The molecule has 4 N–H and O–H groups in total. The van der Waals surface area contributed by atoms with Gasteiger partial charge in [0.2, 0.25) is 5.95 Å². The topological polar surface area (TPSA) is 82.8 Å². The molecular weight excluding hydrogens is 282 g/mol. The summed E-state index contributed by atoms with van der Waals surface area (Å²) >= 11 is 1.69. The minimum atomic E-state index is 0.202. The number of nitrogens with two attached hydrogens (primary N) is 2. The molecule has 6 heteroatoms. The molecule has 5 nitrogen and oxygen atoms in total. The minimum Gasteiger partial charge on any atom is -0.383 e. The fourth-order valence-electron chi connectivity index (χ4n) is 2.48. The lowest BCUT2D eigenvalue weighted by atomic mass is 10.2. The van der Waals surface area contributed by atoms with Crippen LogP contribution in [0.5, 0.6) is 0 Å². The van der Waals surface area contributed by atoms with Crippen molar-refractivity contribution in [3.05, 3.63) is 35.4 Å². The van der Waals surface area contributed by atoms with Gasteiger partial charge in [0, 0.05) is 11.9 Å². The summed E-state index contributed by atoms with van der Waals surface area (Å²) in [6, 6.07) is 8.40. The Morgan fingerprint density at radius 2 is 1.90 bits per heavy atom. The van der Waals surface area contributed by atoms with Crippen molar-refractivity contribution in [1.29, 1.82) is 0 Å². The van der Waals surface area contributed by atoms with E-state index in [1.165, 1.54) is 10.5 Å². The van der Waals surface area contributed by atoms with Gasteiger partial charge in [0.25, 0.3) is 0 Å². The second-order valence-electron chi connectivity index (χ2n) is 5.07. The molecule has 0 fully saturated rings. The average Bonchev–Trinajstić information content (AvgIpc) is 2.64. The maximum atomic E-state index is 6.00. The highest BCUT2D eigenvalue weighted by Gasteiger charge is 2.17. The Morgan fingerprint density at radius 3 is 2.62 bits per heavy atom. The molecule has 0 radical (unpaired) electrons. The molecule has 3 rings (SSSR count). The Balaban J connectivity index is 2.17. The van der Waals surface area contributed by atoms with Crippen molar-refractivity contribution in [2.75, 3.05) is 11.5 Å². The maximum Gasteiger partial charge on any atom is 0.223 e. The number of benzene rings is 1. The summed E-state index contributed by atoms with van der Waals surface area (Å²) in [5.74, 6) is 0.634. The van der Waals surface area contributed by atoms with Crippen LogP contribution in [0.25, 0.3) is 11.0 Å². The fraction of sp³-hybridized carbons (Fsp3) is 0.200. The van der Waals surface area contributed by atoms with Crippen molar-refractivity contribution in [2.45, 2.75) is 23.8 Å². The van der Waals surface area contributed by atoms with Crippen molar-refractivity contribution < 1.29 is 0 Å². The molecule has 0 bridgehead atoms. The zero-order valence-corrected chi connectivity index (χ0v) is 13.0. The van der Waals surface area contributed by atoms with Gasteiger partial charge >= 0.3 is 0 Å². The van der Waals surface area contributed by atoms with E-state index in [-0.39, 0.29) is 5.95 Å². The van der Waals surface area contributed by atoms with Crippen molar-refractivity contribution in [1.82, 2.24) is 14.5 Å². The van der Waals surface area contributed by atoms with Gasteiger partial charge in [-0.3, -0.25) is 0 Å². The zero-order chi connectivity index (χ0) is 15.1. The Morgan fingerprint density at radius 1 is 1.14 bits per heavy atom. The molecule has 1 aromatic carbocycles. The lowest BCUT2D eigenvalue weighted by molar-refractivity contribution is 0.838. The van der Waals surface area contributed by atoms with Gasteiger partial charge in [-0.25, -0.2) is 0 Å². The Kier molecular flexibility index (Phi) is 3.25. The number of rotatable bonds is 2. The lowest BCUT2D eigenvalue weighted by Gasteiger charge is -2.05. The van der Waals surface area contributed by atoms with Gasteiger partial charge < -0.3 is 16.0 Å². The van der Waals surface area contributed by atoms with E-state index in [1.807, 2.05) is 18.5 Å². The van der Waals surface area contributed by atoms with E-state index in [2.05, 4.69) is 41.2 Å². The third kappa shape index (κ3) is 2.31. The molecule has 3 aromatic rings. The largest absolute Gasteiger partial charge is 0.383 e. The van der Waals surface area contributed by atoms with Gasteiger partial charge in [-0.2, -0.15) is 9.97 Å². The SMILES string of the molecule is Cc1cccc(Sc2c(C)c3c(N)nc(N)nc3n2C)c1. The molecule has 0 amide bonds. The van der Waals surface area contributed by atoms with Crippen molar-refractivity contribution in [3.63, 3.8) is 0 Å². The summed E-state index contributed by atoms with van der Waals surface area (Å²) in [6.07, 6.45) is 0. The highest BCUT2D eigenvalue weighted by molar-refractivity contribution is 7.99. The molecule has 0 atom stereocenters. The second-order valence-corrected chi connectivity index (χ2v) is 6.14. The summed E-state index contributed by atoms with van der Waals surface area (Å²) in [5.41, 5.74) is 14.8. The van der Waals surface area contributed by atoms with Gasteiger partial charge in [0.05, 0.1) is 10.4 Å². The van der Waals surface area contributed by atoms with Gasteiger partial charge in [0.15, 0.2) is 0 Å². The van der Waals surface area contributed by atoms with Crippen molar-refractivity contribution >= 4 is 34.6 Å². The van der Waals surface area contributed by atoms with Crippen LogP contribution < -0.4 is 11.5 Å². The van der Waals surface area contributed by atoms with Gasteiger partial charge in [-0.15, -0.1) is 0 Å². The summed E-state index contributed by atoms with van der Waals surface area (Å²) in [6.45, 7) is 4.12. The van der Waals surface area contributed by atoms with E-state index in [1.54, 1.807) is 11.8 Å². The summed E-state index contributed by atoms with van der Waals surface area (Å²) in [7, 11) is 1.97. The number of hydrogen-bond donors (Lipinski definition) is 2. The van der Waals surface area contributed by atoms with Gasteiger partial charge in [-0.1, -0.05) is 29.5 Å². The van der Waals surface area contributed by atoms with Crippen LogP contribution in [0.15, 0.2) is 34.2 Å². The van der Waals surface area contributed by atoms with Crippen LogP contribution in [0.2, 0.25) is 0 Å². The van der Waals surface area contributed by atoms with Crippen LogP contribution in [0, 0.1) is 13.8 Å². The summed E-state index contributed by atoms with van der Waals surface area (Å²) < 4.78 is 2.02.